The van der Waals surface area contributed by atoms with E-state index in [9.17, 15) is 0 Å². The van der Waals surface area contributed by atoms with E-state index in [1.165, 1.54) is 0 Å². The SMILES string of the molecule is COC.Cn1cc(-c2ccccn2)cn1. The summed E-state index contributed by atoms with van der Waals surface area (Å²) in [6, 6.07) is 5.84. The molecule has 2 aromatic heterocycles. The molecule has 0 atom stereocenters. The van der Waals surface area contributed by atoms with Crippen LogP contribution in [-0.4, -0.2) is 29.0 Å². The Morgan fingerprint density at radius 1 is 1.27 bits per heavy atom. The molecule has 80 valence electrons. The number of methoxy groups -OCH3 is 1. The van der Waals surface area contributed by atoms with Gasteiger partial charge in [0.05, 0.1) is 11.9 Å². The fourth-order valence-electron chi connectivity index (χ4n) is 1.09. The van der Waals surface area contributed by atoms with E-state index in [4.69, 9.17) is 0 Å². The van der Waals surface area contributed by atoms with Crippen LogP contribution in [0.1, 0.15) is 0 Å². The number of aryl methyl sites for hydroxylation is 1. The van der Waals surface area contributed by atoms with Gasteiger partial charge in [0.2, 0.25) is 0 Å². The van der Waals surface area contributed by atoms with Crippen molar-refractivity contribution < 1.29 is 4.74 Å². The number of pyridine rings is 1. The van der Waals surface area contributed by atoms with Crippen molar-refractivity contribution >= 4 is 0 Å². The number of hydrogen-bond acceptors (Lipinski definition) is 3. The third-order valence-electron chi connectivity index (χ3n) is 1.67. The molecule has 0 radical (unpaired) electrons. The van der Waals surface area contributed by atoms with Crippen LogP contribution in [-0.2, 0) is 11.8 Å². The van der Waals surface area contributed by atoms with Crippen molar-refractivity contribution in [2.24, 2.45) is 7.05 Å². The molecule has 0 amide bonds. The molecule has 0 saturated carbocycles. The van der Waals surface area contributed by atoms with Crippen molar-refractivity contribution in [2.45, 2.75) is 0 Å². The smallest absolute Gasteiger partial charge is 0.0733 e. The maximum absolute atomic E-state index is 4.25. The van der Waals surface area contributed by atoms with Gasteiger partial charge in [0, 0.05) is 39.2 Å². The molecule has 0 N–H and O–H groups in total. The lowest BCUT2D eigenvalue weighted by atomic mass is 10.2. The largest absolute Gasteiger partial charge is 0.388 e. The molecule has 0 aliphatic rings. The molecule has 0 fully saturated rings. The van der Waals surface area contributed by atoms with Crippen molar-refractivity contribution in [3.63, 3.8) is 0 Å². The van der Waals surface area contributed by atoms with Crippen LogP contribution in [0.5, 0.6) is 0 Å². The van der Waals surface area contributed by atoms with Gasteiger partial charge in [-0.2, -0.15) is 5.10 Å². The summed E-state index contributed by atoms with van der Waals surface area (Å²) in [4.78, 5) is 4.21. The number of ether oxygens (including phenoxy) is 1. The number of nitrogens with zero attached hydrogens (tertiary/aromatic N) is 3. The average Bonchev–Trinajstić information content (AvgIpc) is 2.67. The van der Waals surface area contributed by atoms with Gasteiger partial charge in [0.1, 0.15) is 0 Å². The van der Waals surface area contributed by atoms with E-state index in [1.807, 2.05) is 37.6 Å². The zero-order valence-electron chi connectivity index (χ0n) is 9.21. The van der Waals surface area contributed by atoms with Gasteiger partial charge in [-0.1, -0.05) is 6.07 Å². The predicted molar refractivity (Wildman–Crippen MR) is 59.4 cm³/mol. The topological polar surface area (TPSA) is 39.9 Å². The highest BCUT2D eigenvalue weighted by atomic mass is 16.4. The second kappa shape index (κ2) is 5.93. The molecule has 0 aliphatic carbocycles. The Balaban J connectivity index is 0.000000337. The highest BCUT2D eigenvalue weighted by Gasteiger charge is 1.98. The first-order valence-corrected chi connectivity index (χ1v) is 4.58. The van der Waals surface area contributed by atoms with Crippen molar-refractivity contribution in [1.82, 2.24) is 14.8 Å². The summed E-state index contributed by atoms with van der Waals surface area (Å²) in [7, 11) is 5.15. The van der Waals surface area contributed by atoms with Crippen LogP contribution in [0.25, 0.3) is 11.3 Å². The third-order valence-corrected chi connectivity index (χ3v) is 1.67. The van der Waals surface area contributed by atoms with Crippen LogP contribution in [0.15, 0.2) is 36.8 Å². The molecule has 0 bridgehead atoms. The first kappa shape index (κ1) is 11.4. The number of aromatic nitrogens is 3. The molecule has 4 heteroatoms. The normalized spacial score (nSPS) is 9.27. The van der Waals surface area contributed by atoms with E-state index in [-0.39, 0.29) is 0 Å². The van der Waals surface area contributed by atoms with E-state index in [0.29, 0.717) is 0 Å². The number of hydrogen-bond donors (Lipinski definition) is 0. The Morgan fingerprint density at radius 2 is 2.00 bits per heavy atom. The molecule has 0 unspecified atom stereocenters. The second-order valence-electron chi connectivity index (χ2n) is 3.03. The van der Waals surface area contributed by atoms with Crippen molar-refractivity contribution in [2.75, 3.05) is 14.2 Å². The first-order chi connectivity index (χ1) is 7.27. The van der Waals surface area contributed by atoms with Gasteiger partial charge in [-0.05, 0) is 12.1 Å². The molecule has 15 heavy (non-hydrogen) atoms. The van der Waals surface area contributed by atoms with Crippen LogP contribution >= 0.6 is 0 Å². The summed E-state index contributed by atoms with van der Waals surface area (Å²) < 4.78 is 6.02. The lowest BCUT2D eigenvalue weighted by Gasteiger charge is -1.92. The summed E-state index contributed by atoms with van der Waals surface area (Å²) in [6.07, 6.45) is 5.53. The summed E-state index contributed by atoms with van der Waals surface area (Å²) >= 11 is 0. The minimum atomic E-state index is 0.964. The van der Waals surface area contributed by atoms with Gasteiger partial charge in [-0.15, -0.1) is 0 Å². The summed E-state index contributed by atoms with van der Waals surface area (Å²) in [5.41, 5.74) is 2.02. The van der Waals surface area contributed by atoms with Crippen molar-refractivity contribution in [1.29, 1.82) is 0 Å². The van der Waals surface area contributed by atoms with Gasteiger partial charge in [0.15, 0.2) is 0 Å². The quantitative estimate of drug-likeness (QED) is 0.712. The summed E-state index contributed by atoms with van der Waals surface area (Å²) in [6.45, 7) is 0. The lowest BCUT2D eigenvalue weighted by molar-refractivity contribution is 0.277. The molecular formula is C11H15N3O. The molecule has 0 saturated heterocycles. The Morgan fingerprint density at radius 3 is 2.47 bits per heavy atom. The second-order valence-corrected chi connectivity index (χ2v) is 3.03. The first-order valence-electron chi connectivity index (χ1n) is 4.58. The van der Waals surface area contributed by atoms with E-state index >= 15 is 0 Å². The fraction of sp³-hybridized carbons (Fsp3) is 0.273. The molecule has 0 spiro atoms. The van der Waals surface area contributed by atoms with E-state index in [1.54, 1.807) is 25.1 Å². The Kier molecular flexibility index (Phi) is 4.50. The van der Waals surface area contributed by atoms with Crippen molar-refractivity contribution in [3.05, 3.63) is 36.8 Å². The molecular weight excluding hydrogens is 190 g/mol. The van der Waals surface area contributed by atoms with Crippen LogP contribution in [0.4, 0.5) is 0 Å². The van der Waals surface area contributed by atoms with Gasteiger partial charge in [-0.25, -0.2) is 0 Å². The minimum Gasteiger partial charge on any atom is -0.388 e. The predicted octanol–water partition coefficient (Wildman–Crippen LogP) is 1.74. The van der Waals surface area contributed by atoms with Gasteiger partial charge in [0.25, 0.3) is 0 Å². The van der Waals surface area contributed by atoms with Crippen LogP contribution in [0.2, 0.25) is 0 Å². The molecule has 0 aliphatic heterocycles. The van der Waals surface area contributed by atoms with Gasteiger partial charge < -0.3 is 4.74 Å². The number of rotatable bonds is 1. The van der Waals surface area contributed by atoms with Crippen LogP contribution in [0, 0.1) is 0 Å². The van der Waals surface area contributed by atoms with Crippen LogP contribution in [0.3, 0.4) is 0 Å². The highest BCUT2D eigenvalue weighted by molar-refractivity contribution is 5.56. The minimum absolute atomic E-state index is 0.964. The third kappa shape index (κ3) is 3.52. The Labute approximate surface area is 89.5 Å². The molecule has 4 nitrogen and oxygen atoms in total. The highest BCUT2D eigenvalue weighted by Crippen LogP contribution is 2.13. The zero-order chi connectivity index (χ0) is 11.1. The molecule has 0 aromatic carbocycles. The Hall–Kier alpha value is -1.68. The van der Waals surface area contributed by atoms with Crippen LogP contribution < -0.4 is 0 Å². The van der Waals surface area contributed by atoms with Gasteiger partial charge >= 0.3 is 0 Å². The lowest BCUT2D eigenvalue weighted by Crippen LogP contribution is -1.84. The van der Waals surface area contributed by atoms with Gasteiger partial charge in [-0.3, -0.25) is 9.67 Å². The van der Waals surface area contributed by atoms with E-state index in [0.717, 1.165) is 11.3 Å². The summed E-state index contributed by atoms with van der Waals surface area (Å²) in [5.74, 6) is 0. The molecule has 2 heterocycles. The maximum atomic E-state index is 4.25. The summed E-state index contributed by atoms with van der Waals surface area (Å²) in [5, 5.41) is 4.07. The average molecular weight is 205 g/mol. The Bertz CT molecular complexity index is 384. The monoisotopic (exact) mass is 205 g/mol. The zero-order valence-corrected chi connectivity index (χ0v) is 9.21. The fourth-order valence-corrected chi connectivity index (χ4v) is 1.09. The van der Waals surface area contributed by atoms with Crippen molar-refractivity contribution in [3.8, 4) is 11.3 Å². The molecule has 2 rings (SSSR count). The maximum Gasteiger partial charge on any atom is 0.0733 e. The van der Waals surface area contributed by atoms with E-state index < -0.39 is 0 Å². The standard InChI is InChI=1S/C9H9N3.C2H6O/c1-12-7-8(6-11-12)9-4-2-3-5-10-9;1-3-2/h2-7H,1H3;1-2H3. The molecule has 2 aromatic rings. The van der Waals surface area contributed by atoms with E-state index in [2.05, 4.69) is 14.8 Å².